The van der Waals surface area contributed by atoms with Crippen LogP contribution < -0.4 is 10.6 Å². The van der Waals surface area contributed by atoms with Crippen LogP contribution in [0.1, 0.15) is 44.0 Å². The van der Waals surface area contributed by atoms with Crippen molar-refractivity contribution < 1.29 is 19.2 Å². The van der Waals surface area contributed by atoms with E-state index in [2.05, 4.69) is 10.2 Å². The molecule has 4 rings (SSSR count). The Morgan fingerprint density at radius 2 is 1.04 bits per heavy atom. The first-order valence-electron chi connectivity index (χ1n) is 15.0. The van der Waals surface area contributed by atoms with Crippen LogP contribution in [0.5, 0.6) is 0 Å². The Bertz CT molecular complexity index is 1650. The van der Waals surface area contributed by atoms with E-state index < -0.39 is 29.8 Å². The highest BCUT2D eigenvalue weighted by molar-refractivity contribution is 6.01. The lowest BCUT2D eigenvalue weighted by atomic mass is 10.1. The Kier molecular flexibility index (Phi) is 11.5. The summed E-state index contributed by atoms with van der Waals surface area (Å²) in [5.74, 6) is -1.93. The average molecular weight is 619 g/mol. The molecule has 236 valence electrons. The second kappa shape index (κ2) is 15.9. The summed E-state index contributed by atoms with van der Waals surface area (Å²) in [6.45, 7) is 4.05. The van der Waals surface area contributed by atoms with Crippen LogP contribution >= 0.6 is 0 Å². The third kappa shape index (κ3) is 8.95. The van der Waals surface area contributed by atoms with Gasteiger partial charge in [-0.2, -0.15) is 10.2 Å². The van der Waals surface area contributed by atoms with Crippen LogP contribution in [0, 0.1) is 0 Å². The monoisotopic (exact) mass is 618 g/mol. The van der Waals surface area contributed by atoms with Gasteiger partial charge in [-0.15, -0.1) is 0 Å². The molecule has 0 heterocycles. The van der Waals surface area contributed by atoms with Crippen LogP contribution in [0.25, 0.3) is 0 Å². The molecule has 10 heteroatoms. The van der Waals surface area contributed by atoms with Crippen LogP contribution in [-0.4, -0.2) is 53.1 Å². The Morgan fingerprint density at radius 3 is 1.52 bits per heavy atom. The fraction of sp³-hybridized carbons (Fsp3) is 0.222. The average Bonchev–Trinajstić information content (AvgIpc) is 3.08. The van der Waals surface area contributed by atoms with Crippen LogP contribution in [0.3, 0.4) is 0 Å². The molecule has 0 aliphatic rings. The smallest absolute Gasteiger partial charge is 0.247 e. The maximum Gasteiger partial charge on any atom is 0.247 e. The van der Waals surface area contributed by atoms with Gasteiger partial charge in [0, 0.05) is 12.6 Å². The zero-order valence-electron chi connectivity index (χ0n) is 26.2. The van der Waals surface area contributed by atoms with Gasteiger partial charge < -0.3 is 20.4 Å². The molecule has 0 radical (unpaired) electrons. The number of benzene rings is 4. The number of primary amides is 1. The minimum atomic E-state index is -0.679. The lowest BCUT2D eigenvalue weighted by molar-refractivity contribution is -0.138. The fourth-order valence-electron chi connectivity index (χ4n) is 5.04. The van der Waals surface area contributed by atoms with Gasteiger partial charge >= 0.3 is 0 Å². The number of anilines is 1. The van der Waals surface area contributed by atoms with E-state index >= 15 is 0 Å². The molecule has 46 heavy (non-hydrogen) atoms. The number of azo groups is 1. The standard InChI is InChI=1S/C36H38N6O4/c1-26(29-13-7-4-8-14-29)40(28(3)43)24-36(46)42(33-21-19-32(20-22-33)39-38-31-17-11-6-12-18-31)25-35(45)41(23-34(37)44)27(2)30-15-9-5-10-16-30/h4-22,26-27H,23-25H2,1-3H3,(H2,37,44)/t26-,27-/m0/s1. The topological polar surface area (TPSA) is 129 Å². The van der Waals surface area contributed by atoms with Gasteiger partial charge in [0.25, 0.3) is 0 Å². The van der Waals surface area contributed by atoms with Gasteiger partial charge in [0.2, 0.25) is 23.6 Å². The molecule has 0 spiro atoms. The molecule has 10 nitrogen and oxygen atoms in total. The Labute approximate surface area is 269 Å². The molecule has 0 aliphatic carbocycles. The molecule has 0 aromatic heterocycles. The number of hydrogen-bond acceptors (Lipinski definition) is 6. The maximum atomic E-state index is 14.0. The van der Waals surface area contributed by atoms with E-state index in [1.165, 1.54) is 21.6 Å². The number of carbonyl (C=O) groups is 4. The first kappa shape index (κ1) is 33.3. The molecule has 0 bridgehead atoms. The first-order chi connectivity index (χ1) is 22.1. The van der Waals surface area contributed by atoms with Gasteiger partial charge in [0.1, 0.15) is 13.1 Å². The van der Waals surface area contributed by atoms with Crippen molar-refractivity contribution in [1.29, 1.82) is 0 Å². The lowest BCUT2D eigenvalue weighted by Gasteiger charge is -2.33. The van der Waals surface area contributed by atoms with Gasteiger partial charge in [0.05, 0.1) is 30.0 Å². The quantitative estimate of drug-likeness (QED) is 0.181. The summed E-state index contributed by atoms with van der Waals surface area (Å²) in [5, 5.41) is 8.51. The van der Waals surface area contributed by atoms with Crippen LogP contribution in [-0.2, 0) is 19.2 Å². The van der Waals surface area contributed by atoms with Crippen molar-refractivity contribution in [3.05, 3.63) is 126 Å². The molecule has 2 atom stereocenters. The second-order valence-corrected chi connectivity index (χ2v) is 10.8. The van der Waals surface area contributed by atoms with Gasteiger partial charge in [-0.1, -0.05) is 78.9 Å². The summed E-state index contributed by atoms with van der Waals surface area (Å²) in [6, 6.07) is 33.7. The Morgan fingerprint density at radius 1 is 0.587 bits per heavy atom. The first-order valence-corrected chi connectivity index (χ1v) is 15.0. The summed E-state index contributed by atoms with van der Waals surface area (Å²) in [4.78, 5) is 56.9. The number of carbonyl (C=O) groups excluding carboxylic acids is 4. The molecule has 2 N–H and O–H groups in total. The molecule has 4 aromatic rings. The number of nitrogens with two attached hydrogens (primary N) is 1. The molecule has 4 amide bonds. The highest BCUT2D eigenvalue weighted by Crippen LogP contribution is 2.26. The van der Waals surface area contributed by atoms with Crippen molar-refractivity contribution in [3.63, 3.8) is 0 Å². The third-order valence-electron chi connectivity index (χ3n) is 7.65. The highest BCUT2D eigenvalue weighted by Gasteiger charge is 2.30. The summed E-state index contributed by atoms with van der Waals surface area (Å²) in [7, 11) is 0. The number of rotatable bonds is 13. The largest absolute Gasteiger partial charge is 0.368 e. The van der Waals surface area contributed by atoms with Gasteiger partial charge in [0.15, 0.2) is 0 Å². The molecule has 4 aromatic carbocycles. The van der Waals surface area contributed by atoms with E-state index in [9.17, 15) is 19.2 Å². The summed E-state index contributed by atoms with van der Waals surface area (Å²) in [6.07, 6.45) is 0. The van der Waals surface area contributed by atoms with Gasteiger partial charge in [-0.3, -0.25) is 19.2 Å². The van der Waals surface area contributed by atoms with Crippen molar-refractivity contribution in [2.45, 2.75) is 32.9 Å². The van der Waals surface area contributed by atoms with E-state index in [4.69, 9.17) is 5.73 Å². The van der Waals surface area contributed by atoms with Crippen LogP contribution in [0.4, 0.5) is 17.1 Å². The Balaban J connectivity index is 1.65. The minimum absolute atomic E-state index is 0.280. The fourth-order valence-corrected chi connectivity index (χ4v) is 5.04. The number of amides is 4. The zero-order valence-corrected chi connectivity index (χ0v) is 26.2. The van der Waals surface area contributed by atoms with Crippen LogP contribution in [0.15, 0.2) is 125 Å². The Hall–Kier alpha value is -5.64. The van der Waals surface area contributed by atoms with Crippen LogP contribution in [0.2, 0.25) is 0 Å². The highest BCUT2D eigenvalue weighted by atomic mass is 16.2. The van der Waals surface area contributed by atoms with Gasteiger partial charge in [-0.05, 0) is 61.4 Å². The molecule has 0 aliphatic heterocycles. The van der Waals surface area contributed by atoms with Crippen molar-refractivity contribution in [2.75, 3.05) is 24.5 Å². The minimum Gasteiger partial charge on any atom is -0.368 e. The van der Waals surface area contributed by atoms with E-state index in [0.717, 1.165) is 11.1 Å². The summed E-state index contributed by atoms with van der Waals surface area (Å²) >= 11 is 0. The number of nitrogens with zero attached hydrogens (tertiary/aromatic N) is 5. The van der Waals surface area contributed by atoms with Gasteiger partial charge in [-0.25, -0.2) is 0 Å². The van der Waals surface area contributed by atoms with Crippen molar-refractivity contribution in [2.24, 2.45) is 16.0 Å². The SMILES string of the molecule is CC(=O)N(CC(=O)N(CC(=O)N(CC(N)=O)[C@@H](C)c1ccccc1)c1ccc(N=Nc2ccccc2)cc1)[C@@H](C)c1ccccc1. The normalized spacial score (nSPS) is 12.2. The third-order valence-corrected chi connectivity index (χ3v) is 7.65. The van der Waals surface area contributed by atoms with Crippen molar-refractivity contribution >= 4 is 40.7 Å². The predicted octanol–water partition coefficient (Wildman–Crippen LogP) is 6.12. The zero-order chi connectivity index (χ0) is 33.1. The number of hydrogen-bond donors (Lipinski definition) is 1. The molecular weight excluding hydrogens is 580 g/mol. The van der Waals surface area contributed by atoms with Crippen molar-refractivity contribution in [1.82, 2.24) is 9.80 Å². The summed E-state index contributed by atoms with van der Waals surface area (Å²) in [5.41, 5.74) is 8.87. The maximum absolute atomic E-state index is 14.0. The van der Waals surface area contributed by atoms with E-state index in [-0.39, 0.29) is 25.5 Å². The molecule has 0 saturated carbocycles. The van der Waals surface area contributed by atoms with Crippen molar-refractivity contribution in [3.8, 4) is 0 Å². The molecule has 0 saturated heterocycles. The molecule has 0 unspecified atom stereocenters. The molecule has 0 fully saturated rings. The summed E-state index contributed by atoms with van der Waals surface area (Å²) < 4.78 is 0. The second-order valence-electron chi connectivity index (χ2n) is 10.8. The lowest BCUT2D eigenvalue weighted by Crippen LogP contribution is -2.49. The molecular formula is C36H38N6O4. The predicted molar refractivity (Wildman–Crippen MR) is 177 cm³/mol. The van der Waals surface area contributed by atoms with E-state index in [1.54, 1.807) is 31.2 Å². The van der Waals surface area contributed by atoms with E-state index in [1.807, 2.05) is 97.9 Å². The van der Waals surface area contributed by atoms with E-state index in [0.29, 0.717) is 17.1 Å².